The highest BCUT2D eigenvalue weighted by Gasteiger charge is 2.24. The minimum absolute atomic E-state index is 0.0124. The molecule has 0 spiro atoms. The van der Waals surface area contributed by atoms with Gasteiger partial charge in [-0.3, -0.25) is 14.5 Å². The van der Waals surface area contributed by atoms with Crippen molar-refractivity contribution in [3.05, 3.63) is 82.0 Å². The lowest BCUT2D eigenvalue weighted by Gasteiger charge is -2.33. The van der Waals surface area contributed by atoms with Gasteiger partial charge in [-0.2, -0.15) is 0 Å². The molecule has 1 amide bonds. The number of anilines is 1. The second-order valence-corrected chi connectivity index (χ2v) is 8.44. The maximum atomic E-state index is 13.5. The summed E-state index contributed by atoms with van der Waals surface area (Å²) < 4.78 is 15.1. The van der Waals surface area contributed by atoms with Crippen LogP contribution in [0, 0.1) is 5.82 Å². The van der Waals surface area contributed by atoms with Crippen molar-refractivity contribution in [2.24, 2.45) is 0 Å². The summed E-state index contributed by atoms with van der Waals surface area (Å²) in [5.41, 5.74) is 3.66. The number of hydrogen-bond donors (Lipinski definition) is 1. The van der Waals surface area contributed by atoms with E-state index in [1.54, 1.807) is 29.8 Å². The van der Waals surface area contributed by atoms with Gasteiger partial charge in [-0.15, -0.1) is 0 Å². The lowest BCUT2D eigenvalue weighted by atomic mass is 9.87. The smallest absolute Gasteiger partial charge is 0.294 e. The number of likely N-dealkylation sites (N-methyl/N-ethyl adjacent to an activating group) is 1. The van der Waals surface area contributed by atoms with Gasteiger partial charge in [0.15, 0.2) is 5.82 Å². The molecule has 172 valence electrons. The van der Waals surface area contributed by atoms with Crippen LogP contribution in [-0.2, 0) is 17.8 Å². The highest BCUT2D eigenvalue weighted by molar-refractivity contribution is 5.89. The predicted octanol–water partition coefficient (Wildman–Crippen LogP) is 4.41. The first-order chi connectivity index (χ1) is 16.0. The molecular weight excluding hydrogens is 419 g/mol. The van der Waals surface area contributed by atoms with E-state index >= 15 is 0 Å². The van der Waals surface area contributed by atoms with Crippen molar-refractivity contribution in [3.63, 3.8) is 0 Å². The summed E-state index contributed by atoms with van der Waals surface area (Å²) in [6, 6.07) is 14.8. The number of benzene rings is 2. The van der Waals surface area contributed by atoms with Gasteiger partial charge in [0.2, 0.25) is 5.91 Å². The Kier molecular flexibility index (Phi) is 6.99. The molecule has 2 aromatic carbocycles. The van der Waals surface area contributed by atoms with E-state index in [0.717, 1.165) is 19.3 Å². The Hall–Kier alpha value is -3.32. The number of halogens is 1. The Bertz CT molecular complexity index is 1190. The standard InChI is InChI=1S/C26H29FN4O2/c1-3-24(32)29-25-26(33)31(23(17-28-25)19-11-13-20(27)14-12-19)16-15-30(2)22-10-6-8-18-7-4-5-9-21(18)22/h4-5,7,9,11-14,17,22H,3,6,8,10,15-16H2,1-2H3,(H,28,29,32)/t22-/m1/s1. The molecule has 1 N–H and O–H groups in total. The number of rotatable bonds is 7. The zero-order valence-electron chi connectivity index (χ0n) is 19.1. The molecular formula is C26H29FN4O2. The van der Waals surface area contributed by atoms with Crippen molar-refractivity contribution >= 4 is 11.7 Å². The van der Waals surface area contributed by atoms with Gasteiger partial charge in [0.25, 0.3) is 5.56 Å². The van der Waals surface area contributed by atoms with E-state index in [4.69, 9.17) is 0 Å². The summed E-state index contributed by atoms with van der Waals surface area (Å²) in [6.07, 6.45) is 5.12. The number of fused-ring (bicyclic) bond motifs is 1. The van der Waals surface area contributed by atoms with Gasteiger partial charge < -0.3 is 9.88 Å². The van der Waals surface area contributed by atoms with Crippen LogP contribution < -0.4 is 10.9 Å². The second-order valence-electron chi connectivity index (χ2n) is 8.44. The Labute approximate surface area is 193 Å². The number of aryl methyl sites for hydroxylation is 1. The Morgan fingerprint density at radius 1 is 1.21 bits per heavy atom. The van der Waals surface area contributed by atoms with E-state index in [0.29, 0.717) is 30.4 Å². The van der Waals surface area contributed by atoms with Crippen LogP contribution >= 0.6 is 0 Å². The molecule has 4 rings (SSSR count). The normalized spacial score (nSPS) is 15.3. The van der Waals surface area contributed by atoms with Crippen LogP contribution in [0.25, 0.3) is 11.3 Å². The topological polar surface area (TPSA) is 67.2 Å². The van der Waals surface area contributed by atoms with Crippen LogP contribution in [0.2, 0.25) is 0 Å². The van der Waals surface area contributed by atoms with Gasteiger partial charge in [-0.25, -0.2) is 9.37 Å². The lowest BCUT2D eigenvalue weighted by Crippen LogP contribution is -2.34. The number of aromatic nitrogens is 2. The molecule has 1 heterocycles. The fraction of sp³-hybridized carbons (Fsp3) is 0.346. The first-order valence-electron chi connectivity index (χ1n) is 11.4. The first kappa shape index (κ1) is 22.9. The van der Waals surface area contributed by atoms with Crippen molar-refractivity contribution in [1.29, 1.82) is 0 Å². The number of hydrogen-bond acceptors (Lipinski definition) is 4. The lowest BCUT2D eigenvalue weighted by molar-refractivity contribution is -0.115. The first-order valence-corrected chi connectivity index (χ1v) is 11.4. The summed E-state index contributed by atoms with van der Waals surface area (Å²) in [5.74, 6) is -0.599. The molecule has 0 saturated heterocycles. The van der Waals surface area contributed by atoms with E-state index in [1.165, 1.54) is 23.3 Å². The zero-order chi connectivity index (χ0) is 23.4. The maximum Gasteiger partial charge on any atom is 0.294 e. The molecule has 1 aromatic heterocycles. The molecule has 0 radical (unpaired) electrons. The molecule has 0 saturated carbocycles. The molecule has 6 nitrogen and oxygen atoms in total. The Morgan fingerprint density at radius 3 is 2.73 bits per heavy atom. The minimum Gasteiger partial charge on any atom is -0.306 e. The van der Waals surface area contributed by atoms with Crippen molar-refractivity contribution in [3.8, 4) is 11.3 Å². The molecule has 3 aromatic rings. The van der Waals surface area contributed by atoms with E-state index < -0.39 is 0 Å². The average Bonchev–Trinajstić information content (AvgIpc) is 2.84. The molecule has 1 atom stereocenters. The maximum absolute atomic E-state index is 13.5. The zero-order valence-corrected chi connectivity index (χ0v) is 19.1. The highest BCUT2D eigenvalue weighted by atomic mass is 19.1. The van der Waals surface area contributed by atoms with Crippen molar-refractivity contribution in [1.82, 2.24) is 14.5 Å². The number of nitrogens with one attached hydrogen (secondary N) is 1. The predicted molar refractivity (Wildman–Crippen MR) is 128 cm³/mol. The van der Waals surface area contributed by atoms with Gasteiger partial charge in [0, 0.05) is 31.1 Å². The van der Waals surface area contributed by atoms with Gasteiger partial charge >= 0.3 is 0 Å². The molecule has 0 bridgehead atoms. The Balaban J connectivity index is 1.63. The summed E-state index contributed by atoms with van der Waals surface area (Å²) >= 11 is 0. The van der Waals surface area contributed by atoms with Crippen LogP contribution in [0.1, 0.15) is 43.4 Å². The quantitative estimate of drug-likeness (QED) is 0.582. The summed E-state index contributed by atoms with van der Waals surface area (Å²) in [4.78, 5) is 31.6. The number of carbonyl (C=O) groups is 1. The Morgan fingerprint density at radius 2 is 1.97 bits per heavy atom. The molecule has 1 aliphatic rings. The SMILES string of the molecule is CCC(=O)Nc1ncc(-c2ccc(F)cc2)n(CCN(C)[C@@H]2CCCc3ccccc32)c1=O. The van der Waals surface area contributed by atoms with Crippen molar-refractivity contribution in [2.75, 3.05) is 18.9 Å². The van der Waals surface area contributed by atoms with Crippen LogP contribution in [0.5, 0.6) is 0 Å². The summed E-state index contributed by atoms with van der Waals surface area (Å²) in [7, 11) is 2.08. The third kappa shape index (κ3) is 5.03. The number of nitrogens with zero attached hydrogens (tertiary/aromatic N) is 3. The summed E-state index contributed by atoms with van der Waals surface area (Å²) in [6.45, 7) is 2.77. The van der Waals surface area contributed by atoms with Gasteiger partial charge in [-0.05, 0) is 61.7 Å². The van der Waals surface area contributed by atoms with Crippen LogP contribution in [-0.4, -0.2) is 34.0 Å². The van der Waals surface area contributed by atoms with Gasteiger partial charge in [-0.1, -0.05) is 31.2 Å². The van der Waals surface area contributed by atoms with Crippen LogP contribution in [0.4, 0.5) is 10.2 Å². The molecule has 1 aliphatic carbocycles. The largest absolute Gasteiger partial charge is 0.306 e. The van der Waals surface area contributed by atoms with E-state index in [-0.39, 0.29) is 29.5 Å². The fourth-order valence-electron chi connectivity index (χ4n) is 4.47. The monoisotopic (exact) mass is 448 g/mol. The van der Waals surface area contributed by atoms with E-state index in [9.17, 15) is 14.0 Å². The van der Waals surface area contributed by atoms with Crippen LogP contribution in [0.15, 0.2) is 59.5 Å². The third-order valence-electron chi connectivity index (χ3n) is 6.32. The number of carbonyl (C=O) groups excluding carboxylic acids is 1. The van der Waals surface area contributed by atoms with Crippen LogP contribution in [0.3, 0.4) is 0 Å². The van der Waals surface area contributed by atoms with Gasteiger partial charge in [0.1, 0.15) is 5.82 Å². The summed E-state index contributed by atoms with van der Waals surface area (Å²) in [5, 5.41) is 2.60. The number of amides is 1. The minimum atomic E-state index is -0.365. The van der Waals surface area contributed by atoms with Gasteiger partial charge in [0.05, 0.1) is 11.9 Å². The third-order valence-corrected chi connectivity index (χ3v) is 6.32. The van der Waals surface area contributed by atoms with E-state index in [1.807, 2.05) is 0 Å². The fourth-order valence-corrected chi connectivity index (χ4v) is 4.47. The molecule has 0 aliphatic heterocycles. The average molecular weight is 449 g/mol. The van der Waals surface area contributed by atoms with Crippen molar-refractivity contribution < 1.29 is 9.18 Å². The molecule has 0 unspecified atom stereocenters. The molecule has 7 heteroatoms. The molecule has 33 heavy (non-hydrogen) atoms. The molecule has 0 fully saturated rings. The van der Waals surface area contributed by atoms with Crippen molar-refractivity contribution in [2.45, 2.75) is 45.2 Å². The second kappa shape index (κ2) is 10.1. The highest BCUT2D eigenvalue weighted by Crippen LogP contribution is 2.33. The van der Waals surface area contributed by atoms with E-state index in [2.05, 4.69) is 46.5 Å².